The Morgan fingerprint density at radius 2 is 1.76 bits per heavy atom. The number of carbonyl (C=O) groups is 2. The molecule has 8 heteroatoms. The molecule has 1 amide bonds. The van der Waals surface area contributed by atoms with Crippen molar-refractivity contribution in [3.63, 3.8) is 0 Å². The highest BCUT2D eigenvalue weighted by Crippen LogP contribution is 2.29. The van der Waals surface area contributed by atoms with Gasteiger partial charge in [0.15, 0.2) is 0 Å². The topological polar surface area (TPSA) is 86.3 Å². The van der Waals surface area contributed by atoms with Gasteiger partial charge in [-0.25, -0.2) is 4.79 Å². The first-order chi connectivity index (χ1) is 16.4. The van der Waals surface area contributed by atoms with Gasteiger partial charge in [-0.3, -0.25) is 9.69 Å². The average molecular weight is 469 g/mol. The van der Waals surface area contributed by atoms with Crippen LogP contribution in [-0.2, 0) is 9.47 Å². The number of methoxy groups -OCH3 is 1. The maximum Gasteiger partial charge on any atom is 0.341 e. The summed E-state index contributed by atoms with van der Waals surface area (Å²) < 4.78 is 21.8. The Kier molecular flexibility index (Phi) is 9.07. The van der Waals surface area contributed by atoms with Crippen molar-refractivity contribution in [3.8, 4) is 11.5 Å². The smallest absolute Gasteiger partial charge is 0.341 e. The molecule has 2 aromatic rings. The number of nitrogens with one attached hydrogen (secondary N) is 1. The zero-order valence-electron chi connectivity index (χ0n) is 20.0. The van der Waals surface area contributed by atoms with Crippen LogP contribution in [0.4, 0.5) is 5.69 Å². The average Bonchev–Trinajstić information content (AvgIpc) is 2.85. The first-order valence-corrected chi connectivity index (χ1v) is 11.3. The van der Waals surface area contributed by atoms with Gasteiger partial charge in [0.2, 0.25) is 0 Å². The van der Waals surface area contributed by atoms with Crippen molar-refractivity contribution in [3.05, 3.63) is 59.7 Å². The second-order valence-electron chi connectivity index (χ2n) is 7.88. The van der Waals surface area contributed by atoms with Gasteiger partial charge in [0, 0.05) is 25.2 Å². The van der Waals surface area contributed by atoms with E-state index in [2.05, 4.69) is 16.8 Å². The largest absolute Gasteiger partial charge is 0.492 e. The Morgan fingerprint density at radius 1 is 1.06 bits per heavy atom. The SMILES string of the molecule is C=C(C)c1ccc(OCC)c(NC(=O)c2ccc(OCCN3CCOCC3)c(C(=O)OC)c2)c1. The zero-order chi connectivity index (χ0) is 24.5. The second kappa shape index (κ2) is 12.2. The number of allylic oxidation sites excluding steroid dienone is 1. The molecule has 0 atom stereocenters. The maximum absolute atomic E-state index is 13.0. The zero-order valence-corrected chi connectivity index (χ0v) is 20.0. The van der Waals surface area contributed by atoms with Crippen LogP contribution in [0.2, 0.25) is 0 Å². The predicted octanol–water partition coefficient (Wildman–Crippen LogP) is 3.87. The van der Waals surface area contributed by atoms with Crippen LogP contribution in [0.3, 0.4) is 0 Å². The molecule has 0 aromatic heterocycles. The molecule has 1 N–H and O–H groups in total. The molecule has 0 unspecified atom stereocenters. The molecule has 0 saturated carbocycles. The number of nitrogens with zero attached hydrogens (tertiary/aromatic N) is 1. The Bertz CT molecular complexity index is 1030. The lowest BCUT2D eigenvalue weighted by atomic mass is 10.1. The summed E-state index contributed by atoms with van der Waals surface area (Å²) >= 11 is 0. The number of esters is 1. The third-order valence-corrected chi connectivity index (χ3v) is 5.44. The summed E-state index contributed by atoms with van der Waals surface area (Å²) in [5.41, 5.74) is 2.77. The number of hydrogen-bond donors (Lipinski definition) is 1. The fourth-order valence-corrected chi connectivity index (χ4v) is 3.55. The summed E-state index contributed by atoms with van der Waals surface area (Å²) in [6.07, 6.45) is 0. The van der Waals surface area contributed by atoms with Gasteiger partial charge in [0.1, 0.15) is 23.7 Å². The number of rotatable bonds is 10. The predicted molar refractivity (Wildman–Crippen MR) is 131 cm³/mol. The minimum absolute atomic E-state index is 0.192. The molecule has 34 heavy (non-hydrogen) atoms. The fourth-order valence-electron chi connectivity index (χ4n) is 3.55. The highest BCUT2D eigenvalue weighted by molar-refractivity contribution is 6.07. The molecule has 0 radical (unpaired) electrons. The van der Waals surface area contributed by atoms with E-state index >= 15 is 0 Å². The van der Waals surface area contributed by atoms with Crippen molar-refractivity contribution in [2.75, 3.05) is 58.5 Å². The van der Waals surface area contributed by atoms with Gasteiger partial charge in [0.25, 0.3) is 5.91 Å². The lowest BCUT2D eigenvalue weighted by Gasteiger charge is -2.26. The normalized spacial score (nSPS) is 13.7. The molecule has 0 aliphatic carbocycles. The van der Waals surface area contributed by atoms with E-state index < -0.39 is 5.97 Å². The maximum atomic E-state index is 13.0. The molecule has 1 aliphatic heterocycles. The molecule has 8 nitrogen and oxygen atoms in total. The summed E-state index contributed by atoms with van der Waals surface area (Å²) in [5, 5.41) is 2.88. The van der Waals surface area contributed by atoms with Crippen LogP contribution in [0.1, 0.15) is 40.1 Å². The Balaban J connectivity index is 1.77. The lowest BCUT2D eigenvalue weighted by molar-refractivity contribution is 0.0321. The fraction of sp³-hybridized carbons (Fsp3) is 0.385. The number of amides is 1. The molecule has 1 fully saturated rings. The number of hydrogen-bond acceptors (Lipinski definition) is 7. The first kappa shape index (κ1) is 25.3. The third kappa shape index (κ3) is 6.59. The quantitative estimate of drug-likeness (QED) is 0.530. The van der Waals surface area contributed by atoms with Crippen molar-refractivity contribution in [1.82, 2.24) is 4.90 Å². The summed E-state index contributed by atoms with van der Waals surface area (Å²) in [7, 11) is 1.30. The van der Waals surface area contributed by atoms with Gasteiger partial charge < -0.3 is 24.3 Å². The van der Waals surface area contributed by atoms with Gasteiger partial charge in [0.05, 0.1) is 32.6 Å². The summed E-state index contributed by atoms with van der Waals surface area (Å²) in [6, 6.07) is 10.2. The molecule has 0 spiro atoms. The van der Waals surface area contributed by atoms with Crippen molar-refractivity contribution >= 4 is 23.1 Å². The monoisotopic (exact) mass is 468 g/mol. The van der Waals surface area contributed by atoms with E-state index in [0.717, 1.165) is 24.2 Å². The number of benzene rings is 2. The molecule has 182 valence electrons. The molecular weight excluding hydrogens is 436 g/mol. The van der Waals surface area contributed by atoms with Gasteiger partial charge >= 0.3 is 5.97 Å². The number of anilines is 1. The number of carbonyl (C=O) groups excluding carboxylic acids is 2. The number of morpholine rings is 1. The van der Waals surface area contributed by atoms with Crippen molar-refractivity contribution in [1.29, 1.82) is 0 Å². The van der Waals surface area contributed by atoms with Gasteiger partial charge in [-0.1, -0.05) is 18.2 Å². The van der Waals surface area contributed by atoms with Crippen LogP contribution in [0.25, 0.3) is 5.57 Å². The van der Waals surface area contributed by atoms with Gasteiger partial charge in [-0.2, -0.15) is 0 Å². The van der Waals surface area contributed by atoms with Gasteiger partial charge in [-0.05, 0) is 49.7 Å². The van der Waals surface area contributed by atoms with E-state index in [1.54, 1.807) is 18.2 Å². The highest BCUT2D eigenvalue weighted by atomic mass is 16.5. The standard InChI is InChI=1S/C26H32N2O6/c1-5-33-24-9-6-19(18(2)3)17-22(24)27-25(29)20-7-8-23(21(16-20)26(30)31-4)34-15-12-28-10-13-32-14-11-28/h6-9,16-17H,2,5,10-15H2,1,3-4H3,(H,27,29). The van der Waals surface area contributed by atoms with E-state index in [4.69, 9.17) is 18.9 Å². The Morgan fingerprint density at radius 3 is 2.44 bits per heavy atom. The minimum Gasteiger partial charge on any atom is -0.492 e. The van der Waals surface area contributed by atoms with E-state index in [0.29, 0.717) is 55.7 Å². The van der Waals surface area contributed by atoms with Crippen LogP contribution in [0, 0.1) is 0 Å². The lowest BCUT2D eigenvalue weighted by Crippen LogP contribution is -2.38. The molecule has 3 rings (SSSR count). The molecule has 0 bridgehead atoms. The van der Waals surface area contributed by atoms with Crippen LogP contribution in [-0.4, -0.2) is 69.9 Å². The first-order valence-electron chi connectivity index (χ1n) is 11.3. The Labute approximate surface area is 200 Å². The summed E-state index contributed by atoms with van der Waals surface area (Å²) in [6.45, 7) is 12.4. The third-order valence-electron chi connectivity index (χ3n) is 5.44. The summed E-state index contributed by atoms with van der Waals surface area (Å²) in [5.74, 6) is -0.0341. The molecule has 1 heterocycles. The summed E-state index contributed by atoms with van der Waals surface area (Å²) in [4.78, 5) is 27.7. The Hall–Kier alpha value is -3.36. The molecule has 1 aliphatic rings. The second-order valence-corrected chi connectivity index (χ2v) is 7.88. The van der Waals surface area contributed by atoms with Crippen LogP contribution in [0.5, 0.6) is 11.5 Å². The highest BCUT2D eigenvalue weighted by Gasteiger charge is 2.19. The van der Waals surface area contributed by atoms with Gasteiger partial charge in [-0.15, -0.1) is 0 Å². The van der Waals surface area contributed by atoms with Crippen molar-refractivity contribution < 1.29 is 28.5 Å². The van der Waals surface area contributed by atoms with Crippen LogP contribution in [0.15, 0.2) is 43.0 Å². The van der Waals surface area contributed by atoms with E-state index in [-0.39, 0.29) is 11.5 Å². The molecular formula is C26H32N2O6. The minimum atomic E-state index is -0.574. The van der Waals surface area contributed by atoms with E-state index in [9.17, 15) is 9.59 Å². The molecule has 2 aromatic carbocycles. The van der Waals surface area contributed by atoms with E-state index in [1.165, 1.54) is 13.2 Å². The van der Waals surface area contributed by atoms with Crippen molar-refractivity contribution in [2.24, 2.45) is 0 Å². The van der Waals surface area contributed by atoms with E-state index in [1.807, 2.05) is 26.0 Å². The number of ether oxygens (including phenoxy) is 4. The van der Waals surface area contributed by atoms with Crippen molar-refractivity contribution in [2.45, 2.75) is 13.8 Å². The van der Waals surface area contributed by atoms with Crippen LogP contribution >= 0.6 is 0 Å². The molecule has 1 saturated heterocycles. The van der Waals surface area contributed by atoms with Crippen LogP contribution < -0.4 is 14.8 Å².